The minimum Gasteiger partial charge on any atom is -0.382 e. The Hall–Kier alpha value is -0.900. The standard InChI is InChI=1S/C14H23NO2/c1-12(10-15-2)14-6-4-13(5-7-14)11-17-9-8-16-3/h4-7,12,15H,8-11H2,1-3H3. The van der Waals surface area contributed by atoms with Gasteiger partial charge in [-0.05, 0) is 24.1 Å². The van der Waals surface area contributed by atoms with Gasteiger partial charge >= 0.3 is 0 Å². The smallest absolute Gasteiger partial charge is 0.0718 e. The minimum absolute atomic E-state index is 0.545. The number of methoxy groups -OCH3 is 1. The van der Waals surface area contributed by atoms with Gasteiger partial charge in [0.25, 0.3) is 0 Å². The largest absolute Gasteiger partial charge is 0.382 e. The van der Waals surface area contributed by atoms with E-state index in [0.29, 0.717) is 25.7 Å². The van der Waals surface area contributed by atoms with Crippen LogP contribution in [-0.2, 0) is 16.1 Å². The summed E-state index contributed by atoms with van der Waals surface area (Å²) in [6, 6.07) is 8.62. The molecule has 0 radical (unpaired) electrons. The second kappa shape index (κ2) is 8.23. The summed E-state index contributed by atoms with van der Waals surface area (Å²) in [6.07, 6.45) is 0. The number of rotatable bonds is 8. The predicted molar refractivity (Wildman–Crippen MR) is 70.3 cm³/mol. The van der Waals surface area contributed by atoms with Gasteiger partial charge in [0.05, 0.1) is 19.8 Å². The number of likely N-dealkylation sites (N-methyl/N-ethyl adjacent to an activating group) is 1. The lowest BCUT2D eigenvalue weighted by atomic mass is 10.00. The van der Waals surface area contributed by atoms with Crippen molar-refractivity contribution in [2.75, 3.05) is 33.9 Å². The molecule has 1 aromatic carbocycles. The average molecular weight is 237 g/mol. The fraction of sp³-hybridized carbons (Fsp3) is 0.571. The zero-order chi connectivity index (χ0) is 12.5. The molecule has 96 valence electrons. The third-order valence-corrected chi connectivity index (χ3v) is 2.76. The lowest BCUT2D eigenvalue weighted by molar-refractivity contribution is 0.0616. The van der Waals surface area contributed by atoms with Crippen molar-refractivity contribution < 1.29 is 9.47 Å². The van der Waals surface area contributed by atoms with Crippen LogP contribution in [0.25, 0.3) is 0 Å². The Morgan fingerprint density at radius 1 is 1.18 bits per heavy atom. The molecule has 0 heterocycles. The van der Waals surface area contributed by atoms with Crippen molar-refractivity contribution in [3.63, 3.8) is 0 Å². The van der Waals surface area contributed by atoms with E-state index in [9.17, 15) is 0 Å². The van der Waals surface area contributed by atoms with Crippen LogP contribution in [0.5, 0.6) is 0 Å². The molecule has 0 spiro atoms. The molecular formula is C14H23NO2. The molecule has 0 aromatic heterocycles. The SMILES string of the molecule is CNCC(C)c1ccc(COCCOC)cc1. The van der Waals surface area contributed by atoms with E-state index in [1.807, 2.05) is 7.05 Å². The lowest BCUT2D eigenvalue weighted by Crippen LogP contribution is -2.14. The molecule has 3 nitrogen and oxygen atoms in total. The number of nitrogens with one attached hydrogen (secondary N) is 1. The maximum absolute atomic E-state index is 5.47. The second-order valence-electron chi connectivity index (χ2n) is 4.25. The molecule has 0 fully saturated rings. The van der Waals surface area contributed by atoms with Crippen LogP contribution in [-0.4, -0.2) is 33.9 Å². The van der Waals surface area contributed by atoms with Crippen LogP contribution < -0.4 is 5.32 Å². The molecule has 3 heteroatoms. The first-order valence-electron chi connectivity index (χ1n) is 6.08. The van der Waals surface area contributed by atoms with Gasteiger partial charge in [0.15, 0.2) is 0 Å². The highest BCUT2D eigenvalue weighted by atomic mass is 16.5. The summed E-state index contributed by atoms with van der Waals surface area (Å²) in [5.74, 6) is 0.545. The Bertz CT molecular complexity index is 298. The maximum atomic E-state index is 5.47. The van der Waals surface area contributed by atoms with Crippen molar-refractivity contribution >= 4 is 0 Å². The molecule has 0 aliphatic heterocycles. The van der Waals surface area contributed by atoms with Gasteiger partial charge in [-0.15, -0.1) is 0 Å². The molecule has 0 amide bonds. The minimum atomic E-state index is 0.545. The molecule has 17 heavy (non-hydrogen) atoms. The van der Waals surface area contributed by atoms with Gasteiger partial charge in [0.2, 0.25) is 0 Å². The third kappa shape index (κ3) is 5.31. The fourth-order valence-corrected chi connectivity index (χ4v) is 1.70. The first kappa shape index (κ1) is 14.2. The van der Waals surface area contributed by atoms with Crippen LogP contribution >= 0.6 is 0 Å². The van der Waals surface area contributed by atoms with Crippen molar-refractivity contribution in [1.29, 1.82) is 0 Å². The van der Waals surface area contributed by atoms with E-state index in [1.54, 1.807) is 7.11 Å². The number of hydrogen-bond donors (Lipinski definition) is 1. The monoisotopic (exact) mass is 237 g/mol. The van der Waals surface area contributed by atoms with E-state index in [1.165, 1.54) is 11.1 Å². The van der Waals surface area contributed by atoms with Crippen LogP contribution in [0.15, 0.2) is 24.3 Å². The molecule has 1 N–H and O–H groups in total. The van der Waals surface area contributed by atoms with E-state index in [-0.39, 0.29) is 0 Å². The quantitative estimate of drug-likeness (QED) is 0.703. The molecule has 0 saturated heterocycles. The third-order valence-electron chi connectivity index (χ3n) is 2.76. The van der Waals surface area contributed by atoms with Crippen molar-refractivity contribution in [2.45, 2.75) is 19.4 Å². The highest BCUT2D eigenvalue weighted by Gasteiger charge is 2.03. The van der Waals surface area contributed by atoms with E-state index in [4.69, 9.17) is 9.47 Å². The molecule has 0 aliphatic carbocycles. The average Bonchev–Trinajstić information content (AvgIpc) is 2.36. The van der Waals surface area contributed by atoms with E-state index in [2.05, 4.69) is 36.5 Å². The lowest BCUT2D eigenvalue weighted by Gasteiger charge is -2.11. The van der Waals surface area contributed by atoms with Crippen LogP contribution in [0.3, 0.4) is 0 Å². The number of hydrogen-bond acceptors (Lipinski definition) is 3. The summed E-state index contributed by atoms with van der Waals surface area (Å²) in [5.41, 5.74) is 2.57. The summed E-state index contributed by atoms with van der Waals surface area (Å²) < 4.78 is 10.4. The normalized spacial score (nSPS) is 12.6. The topological polar surface area (TPSA) is 30.5 Å². The zero-order valence-corrected chi connectivity index (χ0v) is 11.0. The summed E-state index contributed by atoms with van der Waals surface area (Å²) in [7, 11) is 3.66. The van der Waals surface area contributed by atoms with E-state index < -0.39 is 0 Å². The van der Waals surface area contributed by atoms with E-state index in [0.717, 1.165) is 6.54 Å². The summed E-state index contributed by atoms with van der Waals surface area (Å²) in [5, 5.41) is 3.19. The maximum Gasteiger partial charge on any atom is 0.0718 e. The number of benzene rings is 1. The highest BCUT2D eigenvalue weighted by Crippen LogP contribution is 2.15. The highest BCUT2D eigenvalue weighted by molar-refractivity contribution is 5.24. The second-order valence-corrected chi connectivity index (χ2v) is 4.25. The molecule has 0 saturated carbocycles. The van der Waals surface area contributed by atoms with Gasteiger partial charge in [0, 0.05) is 13.7 Å². The fourth-order valence-electron chi connectivity index (χ4n) is 1.70. The molecule has 1 atom stereocenters. The van der Waals surface area contributed by atoms with Gasteiger partial charge in [-0.3, -0.25) is 0 Å². The first-order chi connectivity index (χ1) is 8.27. The Balaban J connectivity index is 2.39. The molecule has 1 aromatic rings. The summed E-state index contributed by atoms with van der Waals surface area (Å²) in [6.45, 7) is 5.18. The van der Waals surface area contributed by atoms with Gasteiger partial charge in [-0.2, -0.15) is 0 Å². The predicted octanol–water partition coefficient (Wildman–Crippen LogP) is 2.17. The summed E-state index contributed by atoms with van der Waals surface area (Å²) in [4.78, 5) is 0. The summed E-state index contributed by atoms with van der Waals surface area (Å²) >= 11 is 0. The van der Waals surface area contributed by atoms with Crippen LogP contribution in [0.2, 0.25) is 0 Å². The van der Waals surface area contributed by atoms with Crippen molar-refractivity contribution in [2.24, 2.45) is 0 Å². The molecule has 1 rings (SSSR count). The van der Waals surface area contributed by atoms with Gasteiger partial charge in [0.1, 0.15) is 0 Å². The van der Waals surface area contributed by atoms with Gasteiger partial charge < -0.3 is 14.8 Å². The van der Waals surface area contributed by atoms with Crippen molar-refractivity contribution in [1.82, 2.24) is 5.32 Å². The Kier molecular flexibility index (Phi) is 6.86. The number of ether oxygens (including phenoxy) is 2. The van der Waals surface area contributed by atoms with Gasteiger partial charge in [-0.1, -0.05) is 31.2 Å². The molecular weight excluding hydrogens is 214 g/mol. The Morgan fingerprint density at radius 2 is 1.88 bits per heavy atom. The van der Waals surface area contributed by atoms with Crippen LogP contribution in [0.4, 0.5) is 0 Å². The molecule has 0 bridgehead atoms. The molecule has 0 aliphatic rings. The Labute approximate surface area is 104 Å². The Morgan fingerprint density at radius 3 is 2.47 bits per heavy atom. The molecule has 1 unspecified atom stereocenters. The van der Waals surface area contributed by atoms with Gasteiger partial charge in [-0.25, -0.2) is 0 Å². The first-order valence-corrected chi connectivity index (χ1v) is 6.08. The van der Waals surface area contributed by atoms with E-state index >= 15 is 0 Å². The van der Waals surface area contributed by atoms with Crippen molar-refractivity contribution in [3.05, 3.63) is 35.4 Å². The van der Waals surface area contributed by atoms with Crippen molar-refractivity contribution in [3.8, 4) is 0 Å². The van der Waals surface area contributed by atoms with Crippen LogP contribution in [0.1, 0.15) is 24.0 Å². The van der Waals surface area contributed by atoms with Crippen LogP contribution in [0, 0.1) is 0 Å². The zero-order valence-electron chi connectivity index (χ0n) is 11.0.